The molecule has 1 aromatic heterocycles. The van der Waals surface area contributed by atoms with Gasteiger partial charge in [0.25, 0.3) is 11.5 Å². The predicted octanol–water partition coefficient (Wildman–Crippen LogP) is 1.87. The van der Waals surface area contributed by atoms with E-state index in [9.17, 15) is 14.4 Å². The van der Waals surface area contributed by atoms with Gasteiger partial charge in [-0.15, -0.1) is 0 Å². The third kappa shape index (κ3) is 5.14. The van der Waals surface area contributed by atoms with Gasteiger partial charge in [0.15, 0.2) is 0 Å². The number of carbonyl (C=O) groups is 1. The van der Waals surface area contributed by atoms with Crippen molar-refractivity contribution in [2.24, 2.45) is 5.92 Å². The minimum atomic E-state index is -0.643. The highest BCUT2D eigenvalue weighted by atomic mass is 16.2. The zero-order chi connectivity index (χ0) is 18.2. The van der Waals surface area contributed by atoms with Crippen LogP contribution in [-0.2, 0) is 0 Å². The van der Waals surface area contributed by atoms with Crippen LogP contribution in [0, 0.1) is 5.92 Å². The molecule has 1 amide bonds. The molecule has 0 radical (unpaired) electrons. The zero-order valence-electron chi connectivity index (χ0n) is 14.6. The molecule has 0 aliphatic heterocycles. The van der Waals surface area contributed by atoms with Gasteiger partial charge in [-0.3, -0.25) is 14.6 Å². The number of aromatic nitrogens is 3. The fourth-order valence-corrected chi connectivity index (χ4v) is 2.60. The van der Waals surface area contributed by atoms with Crippen LogP contribution in [0.15, 0.2) is 40.1 Å². The van der Waals surface area contributed by atoms with Gasteiger partial charge in [-0.1, -0.05) is 39.2 Å². The Labute approximate surface area is 146 Å². The maximum atomic E-state index is 12.4. The highest BCUT2D eigenvalue weighted by Crippen LogP contribution is 2.12. The number of unbranched alkanes of at least 4 members (excludes halogenated alkanes) is 1. The Bertz CT molecular complexity index is 825. The Hall–Kier alpha value is -2.70. The predicted molar refractivity (Wildman–Crippen MR) is 96.1 cm³/mol. The van der Waals surface area contributed by atoms with E-state index in [1.807, 2.05) is 0 Å². The Morgan fingerprint density at radius 1 is 1.32 bits per heavy atom. The average Bonchev–Trinajstić information content (AvgIpc) is 2.61. The molecule has 7 heteroatoms. The van der Waals surface area contributed by atoms with Crippen LogP contribution >= 0.6 is 0 Å². The van der Waals surface area contributed by atoms with Crippen molar-refractivity contribution in [3.63, 3.8) is 0 Å². The number of hydrogen-bond acceptors (Lipinski definition) is 4. The summed E-state index contributed by atoms with van der Waals surface area (Å²) in [6.07, 6.45) is 5.45. The third-order valence-electron chi connectivity index (χ3n) is 4.16. The SMILES string of the molecule is CCCCC(CC)CNC(=O)c1cccc(-n2ncc(=O)[nH]c2=O)c1. The number of amides is 1. The van der Waals surface area contributed by atoms with Crippen molar-refractivity contribution in [1.29, 1.82) is 0 Å². The summed E-state index contributed by atoms with van der Waals surface area (Å²) in [5.74, 6) is 0.282. The van der Waals surface area contributed by atoms with Crippen LogP contribution in [0.4, 0.5) is 0 Å². The Morgan fingerprint density at radius 2 is 2.12 bits per heavy atom. The van der Waals surface area contributed by atoms with E-state index in [0.29, 0.717) is 23.7 Å². The average molecular weight is 344 g/mol. The zero-order valence-corrected chi connectivity index (χ0v) is 14.6. The van der Waals surface area contributed by atoms with Crippen LogP contribution in [0.3, 0.4) is 0 Å². The molecule has 25 heavy (non-hydrogen) atoms. The largest absolute Gasteiger partial charge is 0.352 e. The van der Waals surface area contributed by atoms with E-state index in [2.05, 4.69) is 29.2 Å². The van der Waals surface area contributed by atoms with Gasteiger partial charge in [0.1, 0.15) is 6.20 Å². The highest BCUT2D eigenvalue weighted by Gasteiger charge is 2.11. The number of hydrogen-bond donors (Lipinski definition) is 2. The summed E-state index contributed by atoms with van der Waals surface area (Å²) in [4.78, 5) is 37.5. The molecule has 134 valence electrons. The molecule has 1 aromatic carbocycles. The molecule has 1 unspecified atom stereocenters. The van der Waals surface area contributed by atoms with Crippen LogP contribution in [0.2, 0.25) is 0 Å². The van der Waals surface area contributed by atoms with E-state index >= 15 is 0 Å². The summed E-state index contributed by atoms with van der Waals surface area (Å²) in [6.45, 7) is 4.92. The summed E-state index contributed by atoms with van der Waals surface area (Å²) in [6, 6.07) is 6.59. The summed E-state index contributed by atoms with van der Waals surface area (Å²) in [5, 5.41) is 6.76. The van der Waals surface area contributed by atoms with Gasteiger partial charge >= 0.3 is 5.69 Å². The molecule has 1 heterocycles. The van der Waals surface area contributed by atoms with E-state index in [1.165, 1.54) is 0 Å². The van der Waals surface area contributed by atoms with E-state index < -0.39 is 11.2 Å². The lowest BCUT2D eigenvalue weighted by Gasteiger charge is -2.15. The minimum Gasteiger partial charge on any atom is -0.352 e. The molecule has 2 N–H and O–H groups in total. The Morgan fingerprint density at radius 3 is 2.80 bits per heavy atom. The number of rotatable bonds is 8. The van der Waals surface area contributed by atoms with Crippen LogP contribution in [0.1, 0.15) is 49.9 Å². The van der Waals surface area contributed by atoms with Gasteiger partial charge in [0.2, 0.25) is 0 Å². The molecule has 1 atom stereocenters. The topological polar surface area (TPSA) is 96.8 Å². The first kappa shape index (κ1) is 18.6. The van der Waals surface area contributed by atoms with Gasteiger partial charge in [0.05, 0.1) is 5.69 Å². The monoisotopic (exact) mass is 344 g/mol. The van der Waals surface area contributed by atoms with Crippen molar-refractivity contribution in [2.45, 2.75) is 39.5 Å². The van der Waals surface area contributed by atoms with Crippen molar-refractivity contribution < 1.29 is 4.79 Å². The normalized spacial score (nSPS) is 11.9. The second-order valence-corrected chi connectivity index (χ2v) is 6.03. The fraction of sp³-hybridized carbons (Fsp3) is 0.444. The van der Waals surface area contributed by atoms with Crippen molar-refractivity contribution in [3.8, 4) is 5.69 Å². The first-order valence-corrected chi connectivity index (χ1v) is 8.62. The molecule has 2 aromatic rings. The van der Waals surface area contributed by atoms with Crippen molar-refractivity contribution in [1.82, 2.24) is 20.1 Å². The van der Waals surface area contributed by atoms with Gasteiger partial charge in [-0.25, -0.2) is 4.79 Å². The molecular weight excluding hydrogens is 320 g/mol. The molecular formula is C18H24N4O3. The summed E-state index contributed by atoms with van der Waals surface area (Å²) >= 11 is 0. The number of H-pyrrole nitrogens is 1. The molecule has 7 nitrogen and oxygen atoms in total. The minimum absolute atomic E-state index is 0.186. The van der Waals surface area contributed by atoms with Crippen molar-refractivity contribution >= 4 is 5.91 Å². The molecule has 0 spiro atoms. The lowest BCUT2D eigenvalue weighted by Crippen LogP contribution is -2.31. The van der Waals surface area contributed by atoms with Crippen LogP contribution in [-0.4, -0.2) is 27.2 Å². The molecule has 0 aliphatic carbocycles. The molecule has 0 aliphatic rings. The third-order valence-corrected chi connectivity index (χ3v) is 4.16. The van der Waals surface area contributed by atoms with Crippen LogP contribution < -0.4 is 16.6 Å². The first-order valence-electron chi connectivity index (χ1n) is 8.62. The van der Waals surface area contributed by atoms with Gasteiger partial charge in [-0.2, -0.15) is 9.78 Å². The highest BCUT2D eigenvalue weighted by molar-refractivity contribution is 5.94. The summed E-state index contributed by atoms with van der Waals surface area (Å²) in [7, 11) is 0. The number of nitrogens with one attached hydrogen (secondary N) is 2. The maximum absolute atomic E-state index is 12.4. The molecule has 0 saturated carbocycles. The number of nitrogens with zero attached hydrogens (tertiary/aromatic N) is 2. The standard InChI is InChI=1S/C18H24N4O3/c1-3-5-7-13(4-2)11-19-17(24)14-8-6-9-15(10-14)22-18(25)21-16(23)12-20-22/h6,8-10,12-13H,3-5,7,11H2,1-2H3,(H,19,24)(H,21,23,25). The lowest BCUT2D eigenvalue weighted by molar-refractivity contribution is 0.0946. The van der Waals surface area contributed by atoms with Crippen molar-refractivity contribution in [2.75, 3.05) is 6.54 Å². The lowest BCUT2D eigenvalue weighted by atomic mass is 9.99. The van der Waals surface area contributed by atoms with E-state index in [-0.39, 0.29) is 5.91 Å². The Kier molecular flexibility index (Phi) is 6.68. The number of carbonyl (C=O) groups excluding carboxylic acids is 1. The van der Waals surface area contributed by atoms with E-state index in [1.54, 1.807) is 24.3 Å². The van der Waals surface area contributed by atoms with Gasteiger partial charge in [-0.05, 0) is 30.5 Å². The Balaban J connectivity index is 2.11. The molecule has 2 rings (SSSR count). The molecule has 0 fully saturated rings. The van der Waals surface area contributed by atoms with Crippen LogP contribution in [0.5, 0.6) is 0 Å². The number of aromatic amines is 1. The van der Waals surface area contributed by atoms with Crippen LogP contribution in [0.25, 0.3) is 5.69 Å². The molecule has 0 saturated heterocycles. The first-order chi connectivity index (χ1) is 12.0. The van der Waals surface area contributed by atoms with E-state index in [0.717, 1.165) is 36.6 Å². The summed E-state index contributed by atoms with van der Waals surface area (Å²) in [5.41, 5.74) is -0.335. The summed E-state index contributed by atoms with van der Waals surface area (Å²) < 4.78 is 1.05. The quantitative estimate of drug-likeness (QED) is 0.764. The number of benzene rings is 1. The second kappa shape index (κ2) is 8.96. The van der Waals surface area contributed by atoms with E-state index in [4.69, 9.17) is 0 Å². The molecule has 0 bridgehead atoms. The van der Waals surface area contributed by atoms with Gasteiger partial charge < -0.3 is 5.32 Å². The van der Waals surface area contributed by atoms with Crippen molar-refractivity contribution in [3.05, 3.63) is 56.9 Å². The maximum Gasteiger partial charge on any atom is 0.349 e. The van der Waals surface area contributed by atoms with Gasteiger partial charge in [0, 0.05) is 12.1 Å². The second-order valence-electron chi connectivity index (χ2n) is 6.03. The fourth-order valence-electron chi connectivity index (χ4n) is 2.60. The smallest absolute Gasteiger partial charge is 0.349 e.